The highest BCUT2D eigenvalue weighted by molar-refractivity contribution is 6.30. The van der Waals surface area contributed by atoms with Crippen LogP contribution in [-0.2, 0) is 6.54 Å². The van der Waals surface area contributed by atoms with Crippen LogP contribution in [0.2, 0.25) is 5.02 Å². The van der Waals surface area contributed by atoms with E-state index in [1.165, 1.54) is 31.2 Å². The number of aromatic nitrogens is 2. The van der Waals surface area contributed by atoms with E-state index in [2.05, 4.69) is 27.4 Å². The van der Waals surface area contributed by atoms with Crippen molar-refractivity contribution in [2.45, 2.75) is 44.2 Å². The molecule has 2 fully saturated rings. The Morgan fingerprint density at radius 1 is 1.04 bits per heavy atom. The Kier molecular flexibility index (Phi) is 5.14. The number of benzene rings is 1. The Morgan fingerprint density at radius 3 is 2.35 bits per heavy atom. The summed E-state index contributed by atoms with van der Waals surface area (Å²) in [4.78, 5) is 10.8. The van der Waals surface area contributed by atoms with Gasteiger partial charge in [0.15, 0.2) is 0 Å². The molecule has 138 valence electrons. The molecule has 2 aliphatic rings. The summed E-state index contributed by atoms with van der Waals surface area (Å²) in [6, 6.07) is 9.01. The quantitative estimate of drug-likeness (QED) is 0.853. The number of fused-ring (bicyclic) bond motifs is 1. The van der Waals surface area contributed by atoms with Gasteiger partial charge in [-0.2, -0.15) is 0 Å². The number of nitrogens with zero attached hydrogens (tertiary/aromatic N) is 3. The minimum atomic E-state index is 0.537. The lowest BCUT2D eigenvalue weighted by atomic mass is 9.53. The van der Waals surface area contributed by atoms with Crippen molar-refractivity contribution in [2.75, 3.05) is 19.0 Å². The van der Waals surface area contributed by atoms with Crippen molar-refractivity contribution < 1.29 is 0 Å². The van der Waals surface area contributed by atoms with Crippen molar-refractivity contribution in [3.8, 4) is 0 Å². The zero-order valence-electron chi connectivity index (χ0n) is 15.5. The van der Waals surface area contributed by atoms with Crippen molar-refractivity contribution in [3.05, 3.63) is 52.8 Å². The molecule has 0 saturated heterocycles. The molecule has 26 heavy (non-hydrogen) atoms. The summed E-state index contributed by atoms with van der Waals surface area (Å²) in [6.07, 6.45) is 9.32. The molecule has 0 spiro atoms. The van der Waals surface area contributed by atoms with Crippen LogP contribution in [0.5, 0.6) is 0 Å². The summed E-state index contributed by atoms with van der Waals surface area (Å²) in [6.45, 7) is 0.825. The molecule has 1 N–H and O–H groups in total. The zero-order valence-corrected chi connectivity index (χ0v) is 16.3. The molecule has 2 aromatic rings. The maximum atomic E-state index is 6.09. The molecule has 0 bridgehead atoms. The summed E-state index contributed by atoms with van der Waals surface area (Å²) in [7, 11) is 3.92. The van der Waals surface area contributed by atoms with Gasteiger partial charge in [0.05, 0.1) is 0 Å². The molecule has 1 aromatic heterocycles. The Morgan fingerprint density at radius 2 is 1.69 bits per heavy atom. The highest BCUT2D eigenvalue weighted by Gasteiger charge is 2.50. The molecular formula is C21H27ClN4. The first-order valence-corrected chi connectivity index (χ1v) is 9.98. The number of hydrogen-bond donors (Lipinski definition) is 1. The van der Waals surface area contributed by atoms with Crippen molar-refractivity contribution >= 4 is 17.5 Å². The van der Waals surface area contributed by atoms with Crippen LogP contribution in [0, 0.1) is 11.8 Å². The minimum absolute atomic E-state index is 0.537. The predicted molar refractivity (Wildman–Crippen MR) is 107 cm³/mol. The summed E-state index contributed by atoms with van der Waals surface area (Å²) in [5.41, 5.74) is 2.57. The van der Waals surface area contributed by atoms with Crippen molar-refractivity contribution in [3.63, 3.8) is 0 Å². The average Bonchev–Trinajstić information content (AvgIpc) is 2.65. The van der Waals surface area contributed by atoms with Crippen LogP contribution >= 0.6 is 11.6 Å². The monoisotopic (exact) mass is 370 g/mol. The van der Waals surface area contributed by atoms with E-state index in [-0.39, 0.29) is 0 Å². The van der Waals surface area contributed by atoms with Crippen LogP contribution in [0.1, 0.15) is 42.7 Å². The van der Waals surface area contributed by atoms with E-state index in [0.29, 0.717) is 12.0 Å². The summed E-state index contributed by atoms with van der Waals surface area (Å²) < 4.78 is 0. The molecule has 0 radical (unpaired) electrons. The molecule has 1 aromatic carbocycles. The largest absolute Gasteiger partial charge is 0.347 e. The molecule has 0 amide bonds. The fraction of sp³-hybridized carbons (Fsp3) is 0.524. The lowest BCUT2D eigenvalue weighted by Crippen LogP contribution is -2.57. The third-order valence-electron chi connectivity index (χ3n) is 6.07. The van der Waals surface area contributed by atoms with Crippen molar-refractivity contribution in [1.82, 2.24) is 15.3 Å². The third kappa shape index (κ3) is 3.45. The summed E-state index contributed by atoms with van der Waals surface area (Å²) >= 11 is 6.09. The van der Waals surface area contributed by atoms with Crippen LogP contribution in [0.4, 0.5) is 5.95 Å². The van der Waals surface area contributed by atoms with E-state index in [9.17, 15) is 0 Å². The Hall–Kier alpha value is -1.65. The average molecular weight is 371 g/mol. The topological polar surface area (TPSA) is 41.1 Å². The fourth-order valence-corrected chi connectivity index (χ4v) is 4.92. The van der Waals surface area contributed by atoms with Gasteiger partial charge in [0.1, 0.15) is 0 Å². The van der Waals surface area contributed by atoms with Gasteiger partial charge >= 0.3 is 0 Å². The standard InChI is InChI=1S/C21H27ClN4/c1-26(2)21-24-12-14(13-25-21)11-23-20-18-6-4-3-5-17(18)19(20)15-7-9-16(22)10-8-15/h7-10,12-13,17-20,23H,3-6,11H2,1-2H3/t17?,18?,19-,20-/m0/s1. The molecule has 2 saturated carbocycles. The first-order chi connectivity index (χ1) is 12.6. The van der Waals surface area contributed by atoms with Gasteiger partial charge in [-0.15, -0.1) is 0 Å². The van der Waals surface area contributed by atoms with Gasteiger partial charge in [-0.05, 0) is 42.4 Å². The molecule has 2 aliphatic carbocycles. The number of hydrogen-bond acceptors (Lipinski definition) is 4. The Bertz CT molecular complexity index is 729. The molecule has 0 aliphatic heterocycles. The summed E-state index contributed by atoms with van der Waals surface area (Å²) in [5.74, 6) is 2.96. The van der Waals surface area contributed by atoms with E-state index < -0.39 is 0 Å². The van der Waals surface area contributed by atoms with Crippen molar-refractivity contribution in [2.24, 2.45) is 11.8 Å². The Balaban J connectivity index is 1.46. The molecule has 2 unspecified atom stereocenters. The van der Waals surface area contributed by atoms with Crippen LogP contribution in [0.3, 0.4) is 0 Å². The van der Waals surface area contributed by atoms with E-state index in [0.717, 1.165) is 34.9 Å². The Labute approximate surface area is 161 Å². The second-order valence-electron chi connectivity index (χ2n) is 7.88. The zero-order chi connectivity index (χ0) is 18.1. The fourth-order valence-electron chi connectivity index (χ4n) is 4.79. The van der Waals surface area contributed by atoms with Gasteiger partial charge in [0, 0.05) is 55.6 Å². The van der Waals surface area contributed by atoms with Gasteiger partial charge in [-0.1, -0.05) is 36.6 Å². The lowest BCUT2D eigenvalue weighted by molar-refractivity contribution is 0.0254. The molecule has 4 atom stereocenters. The van der Waals surface area contributed by atoms with Crippen molar-refractivity contribution in [1.29, 1.82) is 0 Å². The predicted octanol–water partition coefficient (Wildman–Crippen LogP) is 4.26. The summed E-state index contributed by atoms with van der Waals surface area (Å²) in [5, 5.41) is 4.64. The molecule has 4 rings (SSSR count). The number of anilines is 1. The van der Waals surface area contributed by atoms with Gasteiger partial charge in [-0.25, -0.2) is 9.97 Å². The highest BCUT2D eigenvalue weighted by atomic mass is 35.5. The third-order valence-corrected chi connectivity index (χ3v) is 6.32. The number of nitrogens with one attached hydrogen (secondary N) is 1. The maximum absolute atomic E-state index is 6.09. The lowest BCUT2D eigenvalue weighted by Gasteiger charge is -2.55. The van der Waals surface area contributed by atoms with Crippen LogP contribution in [0.15, 0.2) is 36.7 Å². The molecule has 1 heterocycles. The normalized spacial score (nSPS) is 27.5. The number of rotatable bonds is 5. The van der Waals surface area contributed by atoms with Gasteiger partial charge in [0.25, 0.3) is 0 Å². The van der Waals surface area contributed by atoms with Gasteiger partial charge < -0.3 is 10.2 Å². The van der Waals surface area contributed by atoms with Crippen LogP contribution in [-0.4, -0.2) is 30.1 Å². The highest BCUT2D eigenvalue weighted by Crippen LogP contribution is 2.54. The first-order valence-electron chi connectivity index (χ1n) is 9.60. The second kappa shape index (κ2) is 7.53. The molecule has 4 nitrogen and oxygen atoms in total. The van der Waals surface area contributed by atoms with Gasteiger partial charge in [-0.3, -0.25) is 0 Å². The smallest absolute Gasteiger partial charge is 0.224 e. The van der Waals surface area contributed by atoms with E-state index in [1.54, 1.807) is 0 Å². The number of halogens is 1. The van der Waals surface area contributed by atoms with Crippen LogP contribution < -0.4 is 10.2 Å². The SMILES string of the molecule is CN(C)c1ncc(CN[C@H]2C3CCCCC3[C@@H]2c2ccc(Cl)cc2)cn1. The van der Waals surface area contributed by atoms with Gasteiger partial charge in [0.2, 0.25) is 5.95 Å². The van der Waals surface area contributed by atoms with E-state index >= 15 is 0 Å². The first kappa shape index (κ1) is 17.7. The maximum Gasteiger partial charge on any atom is 0.224 e. The second-order valence-corrected chi connectivity index (χ2v) is 8.32. The van der Waals surface area contributed by atoms with E-state index in [1.807, 2.05) is 43.5 Å². The molecule has 5 heteroatoms. The van der Waals surface area contributed by atoms with Crippen LogP contribution in [0.25, 0.3) is 0 Å². The minimum Gasteiger partial charge on any atom is -0.347 e. The van der Waals surface area contributed by atoms with E-state index in [4.69, 9.17) is 11.6 Å². The molecular weight excluding hydrogens is 344 g/mol.